The molecule has 22 heavy (non-hydrogen) atoms. The van der Waals surface area contributed by atoms with Crippen molar-refractivity contribution in [1.29, 1.82) is 0 Å². The predicted molar refractivity (Wildman–Crippen MR) is 83.7 cm³/mol. The van der Waals surface area contributed by atoms with Crippen LogP contribution in [-0.4, -0.2) is 29.9 Å². The molecule has 0 spiro atoms. The Labute approximate surface area is 132 Å². The number of ether oxygens (including phenoxy) is 1. The van der Waals surface area contributed by atoms with E-state index >= 15 is 0 Å². The van der Waals surface area contributed by atoms with Crippen LogP contribution in [0.5, 0.6) is 0 Å². The second kappa shape index (κ2) is 5.57. The summed E-state index contributed by atoms with van der Waals surface area (Å²) in [5, 5.41) is 9.92. The molecule has 0 bridgehead atoms. The van der Waals surface area contributed by atoms with Crippen LogP contribution in [0.3, 0.4) is 0 Å². The SMILES string of the molecule is CO[C@]1(C)C[C@H](NC(=O)N[C@H](C)c2c(C)noc2C)C1(C)C. The maximum Gasteiger partial charge on any atom is 0.315 e. The van der Waals surface area contributed by atoms with Crippen molar-refractivity contribution in [2.24, 2.45) is 5.41 Å². The number of methoxy groups -OCH3 is 1. The molecule has 3 atom stereocenters. The number of hydrogen-bond donors (Lipinski definition) is 2. The molecule has 2 amide bonds. The summed E-state index contributed by atoms with van der Waals surface area (Å²) in [5.41, 5.74) is 1.44. The molecular formula is C16H27N3O3. The Morgan fingerprint density at radius 1 is 1.41 bits per heavy atom. The highest BCUT2D eigenvalue weighted by molar-refractivity contribution is 5.75. The third-order valence-corrected chi connectivity index (χ3v) is 5.45. The number of aryl methyl sites for hydroxylation is 2. The molecule has 1 aromatic heterocycles. The molecule has 1 saturated carbocycles. The van der Waals surface area contributed by atoms with Gasteiger partial charge >= 0.3 is 6.03 Å². The minimum atomic E-state index is -0.196. The monoisotopic (exact) mass is 309 g/mol. The topological polar surface area (TPSA) is 76.4 Å². The van der Waals surface area contributed by atoms with E-state index in [1.165, 1.54) is 0 Å². The average molecular weight is 309 g/mol. The van der Waals surface area contributed by atoms with E-state index in [1.807, 2.05) is 20.8 Å². The highest BCUT2D eigenvalue weighted by Gasteiger charge is 2.58. The quantitative estimate of drug-likeness (QED) is 0.896. The van der Waals surface area contributed by atoms with Gasteiger partial charge in [-0.2, -0.15) is 0 Å². The second-order valence-corrected chi connectivity index (χ2v) is 6.99. The maximum atomic E-state index is 12.2. The first-order valence-corrected chi connectivity index (χ1v) is 7.67. The van der Waals surface area contributed by atoms with Gasteiger partial charge in [0.2, 0.25) is 0 Å². The molecule has 0 aromatic carbocycles. The minimum absolute atomic E-state index is 0.0920. The van der Waals surface area contributed by atoms with Crippen LogP contribution in [0.1, 0.15) is 57.2 Å². The molecule has 1 aromatic rings. The molecule has 0 saturated heterocycles. The molecule has 0 unspecified atom stereocenters. The zero-order chi connectivity index (χ0) is 16.7. The largest absolute Gasteiger partial charge is 0.378 e. The van der Waals surface area contributed by atoms with E-state index in [1.54, 1.807) is 7.11 Å². The molecule has 2 rings (SSSR count). The van der Waals surface area contributed by atoms with Crippen molar-refractivity contribution in [1.82, 2.24) is 15.8 Å². The Balaban J connectivity index is 1.95. The highest BCUT2D eigenvalue weighted by Crippen LogP contribution is 2.51. The summed E-state index contributed by atoms with van der Waals surface area (Å²) in [6.45, 7) is 12.0. The van der Waals surface area contributed by atoms with Crippen molar-refractivity contribution in [2.45, 2.75) is 65.6 Å². The average Bonchev–Trinajstić information content (AvgIpc) is 2.77. The van der Waals surface area contributed by atoms with Gasteiger partial charge < -0.3 is 19.9 Å². The number of nitrogens with zero attached hydrogens (tertiary/aromatic N) is 1. The van der Waals surface area contributed by atoms with Crippen molar-refractivity contribution in [3.8, 4) is 0 Å². The number of amides is 2. The van der Waals surface area contributed by atoms with Crippen molar-refractivity contribution < 1.29 is 14.1 Å². The van der Waals surface area contributed by atoms with Crippen molar-refractivity contribution in [3.05, 3.63) is 17.0 Å². The fourth-order valence-electron chi connectivity index (χ4n) is 3.30. The van der Waals surface area contributed by atoms with Crippen LogP contribution in [0.4, 0.5) is 4.79 Å². The van der Waals surface area contributed by atoms with E-state index in [0.717, 1.165) is 23.4 Å². The summed E-state index contributed by atoms with van der Waals surface area (Å²) in [7, 11) is 1.72. The fourth-order valence-corrected chi connectivity index (χ4v) is 3.30. The Morgan fingerprint density at radius 3 is 2.50 bits per heavy atom. The molecule has 6 nitrogen and oxygen atoms in total. The minimum Gasteiger partial charge on any atom is -0.378 e. The Bertz CT molecular complexity index is 547. The van der Waals surface area contributed by atoms with Gasteiger partial charge in [0.25, 0.3) is 0 Å². The van der Waals surface area contributed by atoms with Gasteiger partial charge in [-0.3, -0.25) is 0 Å². The zero-order valence-corrected chi connectivity index (χ0v) is 14.5. The first-order valence-electron chi connectivity index (χ1n) is 7.67. The Hall–Kier alpha value is -1.56. The molecule has 2 N–H and O–H groups in total. The molecule has 0 aliphatic heterocycles. The first-order chi connectivity index (χ1) is 10.1. The lowest BCUT2D eigenvalue weighted by atomic mass is 9.56. The van der Waals surface area contributed by atoms with E-state index < -0.39 is 0 Å². The van der Waals surface area contributed by atoms with Crippen LogP contribution in [0.15, 0.2) is 4.52 Å². The van der Waals surface area contributed by atoms with Gasteiger partial charge in [0.05, 0.1) is 17.3 Å². The van der Waals surface area contributed by atoms with E-state index in [0.29, 0.717) is 0 Å². The highest BCUT2D eigenvalue weighted by atomic mass is 16.5. The summed E-state index contributed by atoms with van der Waals surface area (Å²) < 4.78 is 10.7. The number of aromatic nitrogens is 1. The van der Waals surface area contributed by atoms with Crippen molar-refractivity contribution >= 4 is 6.03 Å². The van der Waals surface area contributed by atoms with Gasteiger partial charge in [0.15, 0.2) is 0 Å². The van der Waals surface area contributed by atoms with Gasteiger partial charge in [-0.15, -0.1) is 0 Å². The molecule has 124 valence electrons. The maximum absolute atomic E-state index is 12.2. The lowest BCUT2D eigenvalue weighted by molar-refractivity contribution is -0.177. The van der Waals surface area contributed by atoms with Crippen molar-refractivity contribution in [3.63, 3.8) is 0 Å². The first kappa shape index (κ1) is 16.8. The molecule has 1 aliphatic carbocycles. The van der Waals surface area contributed by atoms with Gasteiger partial charge in [-0.25, -0.2) is 4.79 Å². The molecular weight excluding hydrogens is 282 g/mol. The number of hydrogen-bond acceptors (Lipinski definition) is 4. The van der Waals surface area contributed by atoms with Crippen LogP contribution in [0, 0.1) is 19.3 Å². The number of rotatable bonds is 4. The van der Waals surface area contributed by atoms with Crippen LogP contribution in [-0.2, 0) is 4.74 Å². The number of carbonyl (C=O) groups excluding carboxylic acids is 1. The smallest absolute Gasteiger partial charge is 0.315 e. The van der Waals surface area contributed by atoms with Crippen LogP contribution >= 0.6 is 0 Å². The van der Waals surface area contributed by atoms with Gasteiger partial charge in [0, 0.05) is 24.1 Å². The van der Waals surface area contributed by atoms with Crippen LogP contribution in [0.25, 0.3) is 0 Å². The summed E-state index contributed by atoms with van der Waals surface area (Å²) in [6, 6.07) is -0.235. The molecule has 0 radical (unpaired) electrons. The fraction of sp³-hybridized carbons (Fsp3) is 0.750. The molecule has 1 fully saturated rings. The Kier molecular flexibility index (Phi) is 4.26. The summed E-state index contributed by atoms with van der Waals surface area (Å²) >= 11 is 0. The van der Waals surface area contributed by atoms with E-state index in [9.17, 15) is 4.79 Å². The van der Waals surface area contributed by atoms with Gasteiger partial charge in [0.1, 0.15) is 5.76 Å². The third kappa shape index (κ3) is 2.60. The molecule has 6 heteroatoms. The van der Waals surface area contributed by atoms with E-state index in [4.69, 9.17) is 9.26 Å². The predicted octanol–water partition coefficient (Wildman–Crippen LogP) is 2.86. The number of carbonyl (C=O) groups is 1. The van der Waals surface area contributed by atoms with Crippen LogP contribution in [0.2, 0.25) is 0 Å². The normalized spacial score (nSPS) is 27.9. The summed E-state index contributed by atoms with van der Waals surface area (Å²) in [6.07, 6.45) is 0.809. The van der Waals surface area contributed by atoms with Gasteiger partial charge in [-0.1, -0.05) is 19.0 Å². The van der Waals surface area contributed by atoms with Crippen molar-refractivity contribution in [2.75, 3.05) is 7.11 Å². The Morgan fingerprint density at radius 2 is 2.05 bits per heavy atom. The van der Waals surface area contributed by atoms with Crippen LogP contribution < -0.4 is 10.6 Å². The van der Waals surface area contributed by atoms with E-state index in [-0.39, 0.29) is 29.1 Å². The molecule has 1 aliphatic rings. The third-order valence-electron chi connectivity index (χ3n) is 5.45. The number of nitrogens with one attached hydrogen (secondary N) is 2. The standard InChI is InChI=1S/C16H27N3O3/c1-9(13-10(2)19-22-11(13)3)17-14(20)18-12-8-16(6,21-7)15(12,4)5/h9,12H,8H2,1-7H3,(H2,17,18,20)/t9-,12+,16-/m1/s1. The lowest BCUT2D eigenvalue weighted by Crippen LogP contribution is -2.69. The van der Waals surface area contributed by atoms with E-state index in [2.05, 4.69) is 36.6 Å². The molecule has 1 heterocycles. The lowest BCUT2D eigenvalue weighted by Gasteiger charge is -2.59. The number of urea groups is 1. The summed E-state index contributed by atoms with van der Waals surface area (Å²) in [4.78, 5) is 12.2. The second-order valence-electron chi connectivity index (χ2n) is 6.99. The van der Waals surface area contributed by atoms with Gasteiger partial charge in [-0.05, 0) is 34.1 Å². The summed E-state index contributed by atoms with van der Waals surface area (Å²) in [5.74, 6) is 0.737. The zero-order valence-electron chi connectivity index (χ0n) is 14.5.